The number of rotatable bonds is 0. The van der Waals surface area contributed by atoms with Gasteiger partial charge in [-0.2, -0.15) is 0 Å². The number of anilines is 2. The Bertz CT molecular complexity index is 418. The van der Waals surface area contributed by atoms with Gasteiger partial charge in [0.15, 0.2) is 5.75 Å². The molecule has 4 heteroatoms. The lowest BCUT2D eigenvalue weighted by Crippen LogP contribution is -2.29. The standard InChI is InChI=1S/C11H15ClN2O/c1-5-4-15-11-9(13)6(2)8(12)7(3)10(11)14-5/h5,14H,4,13H2,1-3H3. The third-order valence-corrected chi connectivity index (χ3v) is 3.34. The van der Waals surface area contributed by atoms with Crippen molar-refractivity contribution in [2.45, 2.75) is 26.8 Å². The summed E-state index contributed by atoms with van der Waals surface area (Å²) in [5, 5.41) is 4.07. The van der Waals surface area contributed by atoms with Gasteiger partial charge in [0.25, 0.3) is 0 Å². The molecular formula is C11H15ClN2O. The van der Waals surface area contributed by atoms with Crippen LogP contribution in [0.15, 0.2) is 0 Å². The van der Waals surface area contributed by atoms with Crippen LogP contribution in [0.3, 0.4) is 0 Å². The molecule has 0 spiro atoms. The Morgan fingerprint density at radius 3 is 2.73 bits per heavy atom. The highest BCUT2D eigenvalue weighted by Crippen LogP contribution is 2.43. The molecule has 1 heterocycles. The van der Waals surface area contributed by atoms with E-state index in [1.807, 2.05) is 13.8 Å². The SMILES string of the molecule is Cc1c(N)c2c(c(C)c1Cl)NC(C)CO2. The topological polar surface area (TPSA) is 47.3 Å². The van der Waals surface area contributed by atoms with Gasteiger partial charge in [-0.25, -0.2) is 0 Å². The Balaban J connectivity index is 2.65. The third kappa shape index (κ3) is 1.51. The van der Waals surface area contributed by atoms with Gasteiger partial charge in [-0.3, -0.25) is 0 Å². The van der Waals surface area contributed by atoms with E-state index in [1.165, 1.54) is 0 Å². The lowest BCUT2D eigenvalue weighted by molar-refractivity contribution is 0.293. The molecule has 3 N–H and O–H groups in total. The molecule has 1 aromatic carbocycles. The molecule has 0 radical (unpaired) electrons. The number of nitrogen functional groups attached to an aromatic ring is 1. The second-order valence-corrected chi connectivity index (χ2v) is 4.42. The average Bonchev–Trinajstić information content (AvgIpc) is 2.23. The number of halogens is 1. The van der Waals surface area contributed by atoms with Crippen molar-refractivity contribution >= 4 is 23.0 Å². The van der Waals surface area contributed by atoms with Gasteiger partial charge < -0.3 is 15.8 Å². The maximum atomic E-state index is 6.19. The van der Waals surface area contributed by atoms with Crippen molar-refractivity contribution in [3.63, 3.8) is 0 Å². The van der Waals surface area contributed by atoms with Crippen LogP contribution in [0.4, 0.5) is 11.4 Å². The van der Waals surface area contributed by atoms with E-state index in [-0.39, 0.29) is 6.04 Å². The van der Waals surface area contributed by atoms with Crippen molar-refractivity contribution in [1.29, 1.82) is 0 Å². The molecule has 0 aromatic heterocycles. The first-order chi connectivity index (χ1) is 7.02. The highest BCUT2D eigenvalue weighted by Gasteiger charge is 2.23. The molecule has 0 amide bonds. The summed E-state index contributed by atoms with van der Waals surface area (Å²) in [5.41, 5.74) is 9.44. The summed E-state index contributed by atoms with van der Waals surface area (Å²) in [7, 11) is 0. The zero-order chi connectivity index (χ0) is 11.2. The summed E-state index contributed by atoms with van der Waals surface area (Å²) in [5.74, 6) is 0.743. The summed E-state index contributed by atoms with van der Waals surface area (Å²) in [6.07, 6.45) is 0. The molecule has 1 aliphatic rings. The van der Waals surface area contributed by atoms with E-state index in [9.17, 15) is 0 Å². The second kappa shape index (κ2) is 3.49. The van der Waals surface area contributed by atoms with E-state index in [1.54, 1.807) is 0 Å². The third-order valence-electron chi connectivity index (χ3n) is 2.78. The largest absolute Gasteiger partial charge is 0.487 e. The predicted molar refractivity (Wildman–Crippen MR) is 63.9 cm³/mol. The Morgan fingerprint density at radius 2 is 2.07 bits per heavy atom. The lowest BCUT2D eigenvalue weighted by Gasteiger charge is -2.28. The summed E-state index contributed by atoms with van der Waals surface area (Å²) < 4.78 is 5.64. The minimum atomic E-state index is 0.286. The molecule has 1 unspecified atom stereocenters. The smallest absolute Gasteiger partial charge is 0.166 e. The number of benzene rings is 1. The van der Waals surface area contributed by atoms with Gasteiger partial charge in [-0.15, -0.1) is 0 Å². The lowest BCUT2D eigenvalue weighted by atomic mass is 10.0. The van der Waals surface area contributed by atoms with Gasteiger partial charge >= 0.3 is 0 Å². The molecule has 0 saturated carbocycles. The molecule has 0 fully saturated rings. The molecule has 2 rings (SSSR count). The quantitative estimate of drug-likeness (QED) is 0.669. The first kappa shape index (κ1) is 10.4. The normalized spacial score (nSPS) is 19.1. The summed E-state index contributed by atoms with van der Waals surface area (Å²) in [6, 6.07) is 0.286. The average molecular weight is 227 g/mol. The number of fused-ring (bicyclic) bond motifs is 1. The first-order valence-electron chi connectivity index (χ1n) is 4.99. The van der Waals surface area contributed by atoms with Crippen LogP contribution in [0.25, 0.3) is 0 Å². The molecule has 15 heavy (non-hydrogen) atoms. The molecule has 0 bridgehead atoms. The Kier molecular flexibility index (Phi) is 2.43. The van der Waals surface area contributed by atoms with E-state index in [0.717, 1.165) is 27.6 Å². The van der Waals surface area contributed by atoms with Crippen LogP contribution < -0.4 is 15.8 Å². The van der Waals surface area contributed by atoms with Gasteiger partial charge in [0.1, 0.15) is 6.61 Å². The van der Waals surface area contributed by atoms with E-state index in [2.05, 4.69) is 12.2 Å². The number of nitrogens with two attached hydrogens (primary N) is 1. The molecule has 1 aromatic rings. The fourth-order valence-corrected chi connectivity index (χ4v) is 2.00. The maximum absolute atomic E-state index is 6.19. The van der Waals surface area contributed by atoms with Crippen molar-refractivity contribution < 1.29 is 4.74 Å². The van der Waals surface area contributed by atoms with Crippen LogP contribution in [0.2, 0.25) is 5.02 Å². The summed E-state index contributed by atoms with van der Waals surface area (Å²) in [4.78, 5) is 0. The predicted octanol–water partition coefficient (Wildman–Crippen LogP) is 2.73. The minimum absolute atomic E-state index is 0.286. The number of ether oxygens (including phenoxy) is 1. The zero-order valence-corrected chi connectivity index (χ0v) is 9.90. The monoisotopic (exact) mass is 226 g/mol. The first-order valence-corrected chi connectivity index (χ1v) is 5.37. The summed E-state index contributed by atoms with van der Waals surface area (Å²) >= 11 is 6.19. The van der Waals surface area contributed by atoms with Crippen LogP contribution in [-0.2, 0) is 0 Å². The van der Waals surface area contributed by atoms with Crippen molar-refractivity contribution in [1.82, 2.24) is 0 Å². The van der Waals surface area contributed by atoms with Crippen LogP contribution in [0.5, 0.6) is 5.75 Å². The van der Waals surface area contributed by atoms with Crippen LogP contribution in [0, 0.1) is 13.8 Å². The van der Waals surface area contributed by atoms with E-state index in [4.69, 9.17) is 22.1 Å². The van der Waals surface area contributed by atoms with Crippen LogP contribution >= 0.6 is 11.6 Å². The van der Waals surface area contributed by atoms with Gasteiger partial charge in [-0.05, 0) is 31.9 Å². The summed E-state index contributed by atoms with van der Waals surface area (Å²) in [6.45, 7) is 6.58. The number of hydrogen-bond donors (Lipinski definition) is 2. The Labute approximate surface area is 94.6 Å². The van der Waals surface area contributed by atoms with E-state index in [0.29, 0.717) is 12.3 Å². The molecule has 3 nitrogen and oxygen atoms in total. The molecule has 1 atom stereocenters. The van der Waals surface area contributed by atoms with Gasteiger partial charge in [0.05, 0.1) is 22.4 Å². The zero-order valence-electron chi connectivity index (χ0n) is 9.15. The van der Waals surface area contributed by atoms with Gasteiger partial charge in [0.2, 0.25) is 0 Å². The fraction of sp³-hybridized carbons (Fsp3) is 0.455. The van der Waals surface area contributed by atoms with E-state index >= 15 is 0 Å². The molecule has 1 aliphatic heterocycles. The highest BCUT2D eigenvalue weighted by atomic mass is 35.5. The van der Waals surface area contributed by atoms with Crippen LogP contribution in [0.1, 0.15) is 18.1 Å². The Morgan fingerprint density at radius 1 is 1.40 bits per heavy atom. The van der Waals surface area contributed by atoms with Crippen molar-refractivity contribution in [3.05, 3.63) is 16.1 Å². The minimum Gasteiger partial charge on any atom is -0.487 e. The van der Waals surface area contributed by atoms with Crippen molar-refractivity contribution in [2.75, 3.05) is 17.7 Å². The van der Waals surface area contributed by atoms with Gasteiger partial charge in [-0.1, -0.05) is 11.6 Å². The van der Waals surface area contributed by atoms with Crippen molar-refractivity contribution in [3.8, 4) is 5.75 Å². The number of nitrogens with one attached hydrogen (secondary N) is 1. The molecule has 0 aliphatic carbocycles. The fourth-order valence-electron chi connectivity index (χ4n) is 1.80. The highest BCUT2D eigenvalue weighted by molar-refractivity contribution is 6.33. The maximum Gasteiger partial charge on any atom is 0.166 e. The second-order valence-electron chi connectivity index (χ2n) is 4.04. The number of hydrogen-bond acceptors (Lipinski definition) is 3. The Hall–Kier alpha value is -1.09. The molecule has 0 saturated heterocycles. The van der Waals surface area contributed by atoms with Gasteiger partial charge in [0, 0.05) is 0 Å². The molecular weight excluding hydrogens is 212 g/mol. The van der Waals surface area contributed by atoms with Crippen LogP contribution in [-0.4, -0.2) is 12.6 Å². The molecule has 82 valence electrons. The van der Waals surface area contributed by atoms with E-state index < -0.39 is 0 Å². The van der Waals surface area contributed by atoms with Crippen molar-refractivity contribution in [2.24, 2.45) is 0 Å².